The lowest BCUT2D eigenvalue weighted by molar-refractivity contribution is -0.384. The maximum Gasteiger partial charge on any atom is 0.269 e. The Kier molecular flexibility index (Phi) is 6.45. The van der Waals surface area contributed by atoms with Crippen molar-refractivity contribution < 1.29 is 24.0 Å². The number of nitrogens with one attached hydrogen (secondary N) is 2. The summed E-state index contributed by atoms with van der Waals surface area (Å²) < 4.78 is 10.6. The summed E-state index contributed by atoms with van der Waals surface area (Å²) >= 11 is 1.38. The monoisotopic (exact) mass is 465 g/mol. The van der Waals surface area contributed by atoms with E-state index in [0.717, 1.165) is 4.90 Å². The molecule has 33 heavy (non-hydrogen) atoms. The topological polar surface area (TPSA) is 120 Å². The molecule has 0 bridgehead atoms. The van der Waals surface area contributed by atoms with Crippen LogP contribution in [0.1, 0.15) is 17.3 Å². The molecule has 0 radical (unpaired) electrons. The van der Waals surface area contributed by atoms with E-state index in [4.69, 9.17) is 9.47 Å². The van der Waals surface area contributed by atoms with E-state index in [9.17, 15) is 19.7 Å². The van der Waals surface area contributed by atoms with Gasteiger partial charge in [0.15, 0.2) is 11.5 Å². The first-order chi connectivity index (χ1) is 15.9. The number of amides is 2. The summed E-state index contributed by atoms with van der Waals surface area (Å²) in [6.07, 6.45) is 0. The first kappa shape index (κ1) is 22.2. The van der Waals surface area contributed by atoms with Crippen LogP contribution in [0.5, 0.6) is 11.5 Å². The molecule has 0 saturated carbocycles. The molecule has 1 aliphatic heterocycles. The van der Waals surface area contributed by atoms with Gasteiger partial charge in [-0.25, -0.2) is 0 Å². The van der Waals surface area contributed by atoms with Gasteiger partial charge in [-0.15, -0.1) is 11.8 Å². The average Bonchev–Trinajstić information content (AvgIpc) is 3.28. The average molecular weight is 465 g/mol. The lowest BCUT2D eigenvalue weighted by Crippen LogP contribution is -2.22. The van der Waals surface area contributed by atoms with Gasteiger partial charge in [0.2, 0.25) is 12.7 Å². The van der Waals surface area contributed by atoms with Crippen molar-refractivity contribution in [2.45, 2.75) is 17.1 Å². The van der Waals surface area contributed by atoms with Crippen molar-refractivity contribution in [2.24, 2.45) is 0 Å². The zero-order valence-electron chi connectivity index (χ0n) is 17.4. The molecule has 1 aliphatic rings. The second-order valence-electron chi connectivity index (χ2n) is 7.10. The molecule has 168 valence electrons. The van der Waals surface area contributed by atoms with Gasteiger partial charge in [0.1, 0.15) is 0 Å². The highest BCUT2D eigenvalue weighted by atomic mass is 32.2. The summed E-state index contributed by atoms with van der Waals surface area (Å²) in [6, 6.07) is 17.7. The van der Waals surface area contributed by atoms with Gasteiger partial charge in [-0.05, 0) is 55.5 Å². The number of non-ortho nitro benzene ring substituents is 1. The molecule has 3 aromatic carbocycles. The van der Waals surface area contributed by atoms with Crippen LogP contribution in [0, 0.1) is 10.1 Å². The van der Waals surface area contributed by atoms with Crippen LogP contribution in [0.15, 0.2) is 71.6 Å². The molecule has 1 unspecified atom stereocenters. The molecule has 2 amide bonds. The van der Waals surface area contributed by atoms with Gasteiger partial charge < -0.3 is 20.1 Å². The molecule has 0 fully saturated rings. The second-order valence-corrected chi connectivity index (χ2v) is 8.51. The fourth-order valence-electron chi connectivity index (χ4n) is 3.03. The number of benzene rings is 3. The van der Waals surface area contributed by atoms with Crippen LogP contribution in [0.25, 0.3) is 0 Å². The number of thioether (sulfide) groups is 1. The third-order valence-electron chi connectivity index (χ3n) is 4.77. The molecule has 0 aliphatic carbocycles. The van der Waals surface area contributed by atoms with E-state index in [1.54, 1.807) is 49.4 Å². The molecule has 0 saturated heterocycles. The van der Waals surface area contributed by atoms with Crippen LogP contribution in [0.2, 0.25) is 0 Å². The number of ether oxygens (including phenoxy) is 2. The predicted octanol–water partition coefficient (Wildman–Crippen LogP) is 4.70. The Balaban J connectivity index is 1.31. The maximum absolute atomic E-state index is 12.5. The van der Waals surface area contributed by atoms with Crippen molar-refractivity contribution >= 4 is 40.6 Å². The van der Waals surface area contributed by atoms with E-state index in [0.29, 0.717) is 28.4 Å². The van der Waals surface area contributed by atoms with Gasteiger partial charge in [-0.3, -0.25) is 19.7 Å². The van der Waals surface area contributed by atoms with Crippen molar-refractivity contribution in [1.29, 1.82) is 0 Å². The highest BCUT2D eigenvalue weighted by molar-refractivity contribution is 8.00. The van der Waals surface area contributed by atoms with Crippen molar-refractivity contribution in [3.8, 4) is 11.5 Å². The van der Waals surface area contributed by atoms with Crippen LogP contribution in [0.4, 0.5) is 17.1 Å². The number of fused-ring (bicyclic) bond motifs is 1. The summed E-state index contributed by atoms with van der Waals surface area (Å²) in [7, 11) is 0. The minimum absolute atomic E-state index is 0.0791. The molecular formula is C23H19N3O6S. The molecule has 3 aromatic rings. The van der Waals surface area contributed by atoms with Crippen molar-refractivity contribution in [1.82, 2.24) is 0 Å². The van der Waals surface area contributed by atoms with E-state index >= 15 is 0 Å². The van der Waals surface area contributed by atoms with Crippen LogP contribution in [0.3, 0.4) is 0 Å². The van der Waals surface area contributed by atoms with E-state index in [1.165, 1.54) is 36.0 Å². The van der Waals surface area contributed by atoms with Crippen LogP contribution >= 0.6 is 11.8 Å². The smallest absolute Gasteiger partial charge is 0.269 e. The van der Waals surface area contributed by atoms with Gasteiger partial charge in [-0.1, -0.05) is 0 Å². The highest BCUT2D eigenvalue weighted by Gasteiger charge is 2.18. The zero-order valence-corrected chi connectivity index (χ0v) is 18.3. The van der Waals surface area contributed by atoms with E-state index in [2.05, 4.69) is 10.6 Å². The zero-order chi connectivity index (χ0) is 23.4. The second kappa shape index (κ2) is 9.61. The standard InChI is InChI=1S/C23H19N3O6S/c1-14(22(27)25-17-6-11-20-21(12-17)32-13-31-20)33-19-9-4-16(5-10-19)24-23(28)15-2-7-18(8-3-15)26(29)30/h2-12,14H,13H2,1H3,(H,24,28)(H,25,27). The Bertz CT molecular complexity index is 1200. The van der Waals surface area contributed by atoms with E-state index in [1.807, 2.05) is 0 Å². The van der Waals surface area contributed by atoms with Gasteiger partial charge in [0.25, 0.3) is 11.6 Å². The lowest BCUT2D eigenvalue weighted by Gasteiger charge is -2.13. The number of carbonyl (C=O) groups is 2. The number of anilines is 2. The molecule has 10 heteroatoms. The first-order valence-electron chi connectivity index (χ1n) is 9.92. The molecular weight excluding hydrogens is 446 g/mol. The Morgan fingerprint density at radius 2 is 1.61 bits per heavy atom. The molecule has 9 nitrogen and oxygen atoms in total. The van der Waals surface area contributed by atoms with Crippen LogP contribution < -0.4 is 20.1 Å². The molecule has 2 N–H and O–H groups in total. The summed E-state index contributed by atoms with van der Waals surface area (Å²) in [6.45, 7) is 1.97. The Morgan fingerprint density at radius 3 is 2.30 bits per heavy atom. The summed E-state index contributed by atoms with van der Waals surface area (Å²) in [5, 5.41) is 16.0. The minimum atomic E-state index is -0.519. The minimum Gasteiger partial charge on any atom is -0.454 e. The number of carbonyl (C=O) groups excluding carboxylic acids is 2. The quantitative estimate of drug-likeness (QED) is 0.295. The number of hydrogen-bond donors (Lipinski definition) is 2. The maximum atomic E-state index is 12.5. The molecule has 4 rings (SSSR count). The molecule has 0 aromatic heterocycles. The number of rotatable bonds is 7. The SMILES string of the molecule is CC(Sc1ccc(NC(=O)c2ccc([N+](=O)[O-])cc2)cc1)C(=O)Nc1ccc2c(c1)OCO2. The third kappa shape index (κ3) is 5.42. The van der Waals surface area contributed by atoms with E-state index in [-0.39, 0.29) is 29.5 Å². The van der Waals surface area contributed by atoms with E-state index < -0.39 is 4.92 Å². The van der Waals surface area contributed by atoms with Crippen LogP contribution in [-0.4, -0.2) is 28.8 Å². The normalized spacial score (nSPS) is 12.6. The van der Waals surface area contributed by atoms with Crippen molar-refractivity contribution in [2.75, 3.05) is 17.4 Å². The number of nitro benzene ring substituents is 1. The highest BCUT2D eigenvalue weighted by Crippen LogP contribution is 2.34. The Labute approximate surface area is 193 Å². The largest absolute Gasteiger partial charge is 0.454 e. The molecule has 1 atom stereocenters. The number of nitro groups is 1. The predicted molar refractivity (Wildman–Crippen MR) is 124 cm³/mol. The van der Waals surface area contributed by atoms with Gasteiger partial charge in [0.05, 0.1) is 10.2 Å². The number of nitrogens with zero attached hydrogens (tertiary/aromatic N) is 1. The lowest BCUT2D eigenvalue weighted by atomic mass is 10.2. The Morgan fingerprint density at radius 1 is 0.939 bits per heavy atom. The summed E-state index contributed by atoms with van der Waals surface area (Å²) in [5.41, 5.74) is 1.43. The van der Waals surface area contributed by atoms with Gasteiger partial charge >= 0.3 is 0 Å². The Hall–Kier alpha value is -4.05. The fraction of sp³-hybridized carbons (Fsp3) is 0.130. The molecule has 0 spiro atoms. The molecule has 1 heterocycles. The van der Waals surface area contributed by atoms with Gasteiger partial charge in [0, 0.05) is 40.0 Å². The van der Waals surface area contributed by atoms with Gasteiger partial charge in [-0.2, -0.15) is 0 Å². The number of hydrogen-bond acceptors (Lipinski definition) is 7. The summed E-state index contributed by atoms with van der Waals surface area (Å²) in [5.74, 6) is 0.715. The van der Waals surface area contributed by atoms with Crippen molar-refractivity contribution in [3.63, 3.8) is 0 Å². The first-order valence-corrected chi connectivity index (χ1v) is 10.8. The van der Waals surface area contributed by atoms with Crippen molar-refractivity contribution in [3.05, 3.63) is 82.4 Å². The fourth-order valence-corrected chi connectivity index (χ4v) is 3.90. The van der Waals surface area contributed by atoms with Crippen LogP contribution in [-0.2, 0) is 4.79 Å². The summed E-state index contributed by atoms with van der Waals surface area (Å²) in [4.78, 5) is 35.9. The third-order valence-corrected chi connectivity index (χ3v) is 5.89.